The zero-order valence-electron chi connectivity index (χ0n) is 9.33. The third-order valence-corrected chi connectivity index (χ3v) is 2.72. The lowest BCUT2D eigenvalue weighted by Gasteiger charge is -2.18. The third-order valence-electron chi connectivity index (χ3n) is 2.72. The molecule has 1 aliphatic rings. The summed E-state index contributed by atoms with van der Waals surface area (Å²) in [6.07, 6.45) is 1.69. The fourth-order valence-corrected chi connectivity index (χ4v) is 1.79. The maximum Gasteiger partial charge on any atom is 0.329 e. The molecule has 1 unspecified atom stereocenters. The highest BCUT2D eigenvalue weighted by Gasteiger charge is 2.33. The second-order valence-electron chi connectivity index (χ2n) is 4.37. The summed E-state index contributed by atoms with van der Waals surface area (Å²) in [5, 5.41) is 20.4. The normalized spacial score (nSPS) is 24.0. The first kappa shape index (κ1) is 11.5. The molecule has 17 heavy (non-hydrogen) atoms. The van der Waals surface area contributed by atoms with Crippen LogP contribution in [0.25, 0.3) is 0 Å². The Bertz CT molecular complexity index is 462. The highest BCUT2D eigenvalue weighted by molar-refractivity contribution is 5.54. The van der Waals surface area contributed by atoms with E-state index in [-0.39, 0.29) is 11.5 Å². The molecule has 8 heteroatoms. The Morgan fingerprint density at radius 3 is 2.88 bits per heavy atom. The van der Waals surface area contributed by atoms with E-state index >= 15 is 0 Å². The molecular formula is C9H13N5O3. The minimum Gasteiger partial charge on any atom is -0.388 e. The highest BCUT2D eigenvalue weighted by atomic mass is 16.6. The molecule has 1 fully saturated rings. The summed E-state index contributed by atoms with van der Waals surface area (Å²) in [6.45, 7) is 2.72. The van der Waals surface area contributed by atoms with Gasteiger partial charge >= 0.3 is 5.69 Å². The van der Waals surface area contributed by atoms with Gasteiger partial charge in [-0.2, -0.15) is 4.98 Å². The topological polar surface area (TPSA) is 118 Å². The van der Waals surface area contributed by atoms with Crippen molar-refractivity contribution in [2.45, 2.75) is 18.9 Å². The first-order chi connectivity index (χ1) is 7.89. The van der Waals surface area contributed by atoms with E-state index in [4.69, 9.17) is 5.73 Å². The highest BCUT2D eigenvalue weighted by Crippen LogP contribution is 2.26. The second-order valence-corrected chi connectivity index (χ2v) is 4.37. The van der Waals surface area contributed by atoms with Crippen molar-refractivity contribution < 1.29 is 10.0 Å². The van der Waals surface area contributed by atoms with Crippen molar-refractivity contribution >= 4 is 17.5 Å². The maximum absolute atomic E-state index is 10.5. The number of aromatic nitrogens is 2. The largest absolute Gasteiger partial charge is 0.388 e. The zero-order chi connectivity index (χ0) is 12.6. The summed E-state index contributed by atoms with van der Waals surface area (Å²) < 4.78 is 0. The van der Waals surface area contributed by atoms with Gasteiger partial charge in [-0.3, -0.25) is 10.1 Å². The van der Waals surface area contributed by atoms with Crippen molar-refractivity contribution in [3.8, 4) is 0 Å². The van der Waals surface area contributed by atoms with Crippen molar-refractivity contribution in [1.29, 1.82) is 0 Å². The van der Waals surface area contributed by atoms with Gasteiger partial charge < -0.3 is 15.7 Å². The molecule has 92 valence electrons. The first-order valence-corrected chi connectivity index (χ1v) is 5.13. The predicted molar refractivity (Wildman–Crippen MR) is 60.6 cm³/mol. The minimum absolute atomic E-state index is 0.161. The number of aliphatic hydroxyl groups is 1. The first-order valence-electron chi connectivity index (χ1n) is 5.13. The Hall–Kier alpha value is -1.96. The van der Waals surface area contributed by atoms with Gasteiger partial charge in [0.15, 0.2) is 0 Å². The molecule has 1 atom stereocenters. The minimum atomic E-state index is -0.778. The van der Waals surface area contributed by atoms with Gasteiger partial charge in [-0.05, 0) is 13.3 Å². The van der Waals surface area contributed by atoms with Crippen LogP contribution in [0.4, 0.5) is 17.5 Å². The number of hydrogen-bond acceptors (Lipinski definition) is 7. The lowest BCUT2D eigenvalue weighted by atomic mass is 10.1. The molecular weight excluding hydrogens is 226 g/mol. The van der Waals surface area contributed by atoms with E-state index in [9.17, 15) is 15.2 Å². The van der Waals surface area contributed by atoms with E-state index in [2.05, 4.69) is 9.97 Å². The fourth-order valence-electron chi connectivity index (χ4n) is 1.79. The van der Waals surface area contributed by atoms with Crippen molar-refractivity contribution in [3.63, 3.8) is 0 Å². The predicted octanol–water partition coefficient (Wildman–Crippen LogP) is -0.0719. The van der Waals surface area contributed by atoms with Gasteiger partial charge in [-0.1, -0.05) is 0 Å². The summed E-state index contributed by atoms with van der Waals surface area (Å²) in [6, 6.07) is 0. The van der Waals surface area contributed by atoms with Gasteiger partial charge in [0.2, 0.25) is 11.8 Å². The molecule has 1 saturated heterocycles. The van der Waals surface area contributed by atoms with Crippen LogP contribution in [0.1, 0.15) is 13.3 Å². The maximum atomic E-state index is 10.5. The third kappa shape index (κ3) is 2.26. The van der Waals surface area contributed by atoms with Crippen LogP contribution in [-0.4, -0.2) is 38.7 Å². The van der Waals surface area contributed by atoms with Crippen molar-refractivity contribution in [3.05, 3.63) is 16.3 Å². The lowest BCUT2D eigenvalue weighted by molar-refractivity contribution is -0.384. The Kier molecular flexibility index (Phi) is 2.58. The van der Waals surface area contributed by atoms with Crippen molar-refractivity contribution in [2.24, 2.45) is 0 Å². The summed E-state index contributed by atoms with van der Waals surface area (Å²) in [5.41, 5.74) is 4.39. The molecule has 0 radical (unpaired) electrons. The van der Waals surface area contributed by atoms with Gasteiger partial charge in [0.1, 0.15) is 6.20 Å². The van der Waals surface area contributed by atoms with Crippen LogP contribution >= 0.6 is 0 Å². The van der Waals surface area contributed by atoms with E-state index in [0.29, 0.717) is 25.5 Å². The van der Waals surface area contributed by atoms with E-state index < -0.39 is 10.5 Å². The van der Waals surface area contributed by atoms with Crippen LogP contribution in [0.2, 0.25) is 0 Å². The molecule has 0 bridgehead atoms. The van der Waals surface area contributed by atoms with E-state index in [1.54, 1.807) is 11.8 Å². The summed E-state index contributed by atoms with van der Waals surface area (Å²) >= 11 is 0. The molecule has 8 nitrogen and oxygen atoms in total. The van der Waals surface area contributed by atoms with E-state index in [1.165, 1.54) is 0 Å². The Morgan fingerprint density at radius 2 is 2.41 bits per heavy atom. The number of rotatable bonds is 2. The van der Waals surface area contributed by atoms with Crippen LogP contribution in [0, 0.1) is 10.1 Å². The van der Waals surface area contributed by atoms with Gasteiger partial charge in [0, 0.05) is 13.1 Å². The molecule has 1 aromatic rings. The van der Waals surface area contributed by atoms with Crippen LogP contribution in [0.5, 0.6) is 0 Å². The van der Waals surface area contributed by atoms with Gasteiger partial charge in [0.25, 0.3) is 0 Å². The van der Waals surface area contributed by atoms with Gasteiger partial charge in [-0.15, -0.1) is 0 Å². The number of nitrogens with two attached hydrogens (primary N) is 1. The molecule has 2 heterocycles. The Morgan fingerprint density at radius 1 is 1.71 bits per heavy atom. The van der Waals surface area contributed by atoms with E-state index in [1.807, 2.05) is 0 Å². The van der Waals surface area contributed by atoms with E-state index in [0.717, 1.165) is 6.20 Å². The zero-order valence-corrected chi connectivity index (χ0v) is 9.33. The molecule has 1 aliphatic heterocycles. The number of anilines is 2. The number of β-amino-alcohol motifs (C(OH)–C–C–N with tert-alkyl or cyclic N) is 1. The summed E-state index contributed by atoms with van der Waals surface area (Å²) in [7, 11) is 0. The van der Waals surface area contributed by atoms with Crippen molar-refractivity contribution in [2.75, 3.05) is 23.7 Å². The number of nitro groups is 1. The monoisotopic (exact) mass is 239 g/mol. The lowest BCUT2D eigenvalue weighted by Crippen LogP contribution is -2.30. The van der Waals surface area contributed by atoms with Crippen molar-refractivity contribution in [1.82, 2.24) is 9.97 Å². The van der Waals surface area contributed by atoms with Crippen LogP contribution < -0.4 is 10.6 Å². The Balaban J connectivity index is 2.24. The number of nitrogen functional groups attached to an aromatic ring is 1. The number of hydrogen-bond donors (Lipinski definition) is 2. The number of nitrogens with zero attached hydrogens (tertiary/aromatic N) is 4. The van der Waals surface area contributed by atoms with Crippen LogP contribution in [-0.2, 0) is 0 Å². The molecule has 0 amide bonds. The molecule has 0 aliphatic carbocycles. The second kappa shape index (κ2) is 3.81. The molecule has 3 N–H and O–H groups in total. The smallest absolute Gasteiger partial charge is 0.329 e. The quantitative estimate of drug-likeness (QED) is 0.547. The average Bonchev–Trinajstić information content (AvgIpc) is 2.58. The molecule has 0 spiro atoms. The summed E-state index contributed by atoms with van der Waals surface area (Å²) in [5.74, 6) is 0.150. The molecule has 2 rings (SSSR count). The fraction of sp³-hybridized carbons (Fsp3) is 0.556. The molecule has 0 aromatic carbocycles. The summed E-state index contributed by atoms with van der Waals surface area (Å²) in [4.78, 5) is 19.4. The van der Waals surface area contributed by atoms with Gasteiger partial charge in [-0.25, -0.2) is 4.98 Å². The molecule has 0 saturated carbocycles. The molecule has 1 aromatic heterocycles. The SMILES string of the molecule is CC1(O)CCN(c2ncc([N+](=O)[O-])c(N)n2)C1. The Labute approximate surface area is 97.2 Å². The van der Waals surface area contributed by atoms with Crippen LogP contribution in [0.3, 0.4) is 0 Å². The van der Waals surface area contributed by atoms with Crippen LogP contribution in [0.15, 0.2) is 6.20 Å². The standard InChI is InChI=1S/C9H13N5O3/c1-9(15)2-3-13(5-9)8-11-4-6(14(16)17)7(10)12-8/h4,15H,2-3,5H2,1H3,(H2,10,11,12). The van der Waals surface area contributed by atoms with Gasteiger partial charge in [0.05, 0.1) is 10.5 Å². The average molecular weight is 239 g/mol.